The fraction of sp³-hybridized carbons (Fsp3) is 0.533. The number of benzene rings is 1. The van der Waals surface area contributed by atoms with Gasteiger partial charge in [-0.3, -0.25) is 4.79 Å². The van der Waals surface area contributed by atoms with Crippen molar-refractivity contribution >= 4 is 29.1 Å². The molecule has 122 valence electrons. The summed E-state index contributed by atoms with van der Waals surface area (Å²) in [5.74, 6) is 0.313. The van der Waals surface area contributed by atoms with Gasteiger partial charge in [-0.25, -0.2) is 0 Å². The van der Waals surface area contributed by atoms with Crippen molar-refractivity contribution in [1.82, 2.24) is 15.5 Å². The topological polar surface area (TPSA) is 53.6 Å². The summed E-state index contributed by atoms with van der Waals surface area (Å²) in [5, 5.41) is 7.10. The SMILES string of the molecule is O=C(COc1ccc(Cl)cc1Cl)NCCCN1CCNCC1. The Morgan fingerprint density at radius 3 is 2.82 bits per heavy atom. The van der Waals surface area contributed by atoms with E-state index in [0.717, 1.165) is 39.1 Å². The van der Waals surface area contributed by atoms with E-state index in [1.54, 1.807) is 18.2 Å². The number of amides is 1. The number of ether oxygens (including phenoxy) is 1. The number of carbonyl (C=O) groups excluding carboxylic acids is 1. The molecule has 1 aliphatic heterocycles. The van der Waals surface area contributed by atoms with E-state index in [2.05, 4.69) is 15.5 Å². The first-order valence-corrected chi connectivity index (χ1v) is 8.18. The van der Waals surface area contributed by atoms with Crippen LogP contribution in [0.1, 0.15) is 6.42 Å². The first kappa shape index (κ1) is 17.3. The number of piperazine rings is 1. The van der Waals surface area contributed by atoms with Crippen LogP contribution < -0.4 is 15.4 Å². The summed E-state index contributed by atoms with van der Waals surface area (Å²) in [6.45, 7) is 5.85. The number of rotatable bonds is 7. The molecule has 1 aliphatic rings. The molecule has 22 heavy (non-hydrogen) atoms. The smallest absolute Gasteiger partial charge is 0.257 e. The van der Waals surface area contributed by atoms with Crippen LogP contribution in [0.4, 0.5) is 0 Å². The highest BCUT2D eigenvalue weighted by atomic mass is 35.5. The monoisotopic (exact) mass is 345 g/mol. The van der Waals surface area contributed by atoms with Gasteiger partial charge in [0.05, 0.1) is 5.02 Å². The Hall–Kier alpha value is -1.01. The van der Waals surface area contributed by atoms with Crippen LogP contribution in [0.25, 0.3) is 0 Å². The molecule has 1 amide bonds. The van der Waals surface area contributed by atoms with Crippen molar-refractivity contribution in [1.29, 1.82) is 0 Å². The van der Waals surface area contributed by atoms with Gasteiger partial charge in [-0.1, -0.05) is 23.2 Å². The number of hydrogen-bond donors (Lipinski definition) is 2. The van der Waals surface area contributed by atoms with E-state index in [0.29, 0.717) is 22.3 Å². The molecule has 5 nitrogen and oxygen atoms in total. The average Bonchev–Trinajstić information content (AvgIpc) is 2.52. The largest absolute Gasteiger partial charge is 0.482 e. The van der Waals surface area contributed by atoms with Crippen molar-refractivity contribution in [2.45, 2.75) is 6.42 Å². The molecular weight excluding hydrogens is 325 g/mol. The molecule has 2 rings (SSSR count). The third kappa shape index (κ3) is 6.01. The van der Waals surface area contributed by atoms with Crippen LogP contribution in [0, 0.1) is 0 Å². The third-order valence-electron chi connectivity index (χ3n) is 3.44. The predicted molar refractivity (Wildman–Crippen MR) is 88.9 cm³/mol. The summed E-state index contributed by atoms with van der Waals surface area (Å²) >= 11 is 11.8. The maximum atomic E-state index is 11.7. The third-order valence-corrected chi connectivity index (χ3v) is 3.97. The highest BCUT2D eigenvalue weighted by Crippen LogP contribution is 2.27. The zero-order valence-electron chi connectivity index (χ0n) is 12.4. The summed E-state index contributed by atoms with van der Waals surface area (Å²) in [6.07, 6.45) is 0.938. The molecule has 0 aromatic heterocycles. The van der Waals surface area contributed by atoms with Crippen LogP contribution in [-0.4, -0.2) is 56.7 Å². The Kier molecular flexibility index (Phi) is 7.25. The molecule has 0 unspecified atom stereocenters. The van der Waals surface area contributed by atoms with E-state index in [4.69, 9.17) is 27.9 Å². The van der Waals surface area contributed by atoms with E-state index in [1.807, 2.05) is 0 Å². The summed E-state index contributed by atoms with van der Waals surface area (Å²) in [4.78, 5) is 14.1. The minimum Gasteiger partial charge on any atom is -0.482 e. The molecule has 0 radical (unpaired) electrons. The Morgan fingerprint density at radius 2 is 2.09 bits per heavy atom. The fourth-order valence-electron chi connectivity index (χ4n) is 2.25. The average molecular weight is 346 g/mol. The molecule has 1 aromatic carbocycles. The van der Waals surface area contributed by atoms with Crippen molar-refractivity contribution < 1.29 is 9.53 Å². The lowest BCUT2D eigenvalue weighted by Crippen LogP contribution is -2.44. The maximum Gasteiger partial charge on any atom is 0.257 e. The van der Waals surface area contributed by atoms with Crippen molar-refractivity contribution in [2.75, 3.05) is 45.9 Å². The summed E-state index contributed by atoms with van der Waals surface area (Å²) in [7, 11) is 0. The van der Waals surface area contributed by atoms with Gasteiger partial charge in [-0.15, -0.1) is 0 Å². The van der Waals surface area contributed by atoms with Gasteiger partial charge in [-0.2, -0.15) is 0 Å². The van der Waals surface area contributed by atoms with Crippen LogP contribution in [0.15, 0.2) is 18.2 Å². The lowest BCUT2D eigenvalue weighted by Gasteiger charge is -2.27. The second-order valence-corrected chi connectivity index (χ2v) is 6.00. The van der Waals surface area contributed by atoms with Gasteiger partial charge in [0, 0.05) is 37.7 Å². The molecule has 1 saturated heterocycles. The second-order valence-electron chi connectivity index (χ2n) is 5.16. The van der Waals surface area contributed by atoms with Gasteiger partial charge in [0.2, 0.25) is 0 Å². The summed E-state index contributed by atoms with van der Waals surface area (Å²) in [5.41, 5.74) is 0. The van der Waals surface area contributed by atoms with Crippen LogP contribution >= 0.6 is 23.2 Å². The molecule has 1 heterocycles. The fourth-order valence-corrected chi connectivity index (χ4v) is 2.71. The molecule has 0 bridgehead atoms. The molecule has 0 aliphatic carbocycles. The van der Waals surface area contributed by atoms with E-state index >= 15 is 0 Å². The van der Waals surface area contributed by atoms with Gasteiger partial charge in [0.15, 0.2) is 6.61 Å². The van der Waals surface area contributed by atoms with Crippen LogP contribution in [0.3, 0.4) is 0 Å². The second kappa shape index (κ2) is 9.20. The van der Waals surface area contributed by atoms with Gasteiger partial charge in [0.25, 0.3) is 5.91 Å². The molecule has 0 saturated carbocycles. The maximum absolute atomic E-state index is 11.7. The predicted octanol–water partition coefficient (Wildman–Crippen LogP) is 1.78. The van der Waals surface area contributed by atoms with Gasteiger partial charge >= 0.3 is 0 Å². The Balaban J connectivity index is 1.59. The summed E-state index contributed by atoms with van der Waals surface area (Å²) < 4.78 is 5.38. The van der Waals surface area contributed by atoms with Crippen LogP contribution in [0.2, 0.25) is 10.0 Å². The highest BCUT2D eigenvalue weighted by Gasteiger charge is 2.09. The lowest BCUT2D eigenvalue weighted by atomic mass is 10.3. The quantitative estimate of drug-likeness (QED) is 0.739. The number of hydrogen-bond acceptors (Lipinski definition) is 4. The van der Waals surface area contributed by atoms with Gasteiger partial charge in [-0.05, 0) is 31.2 Å². The van der Waals surface area contributed by atoms with Crippen molar-refractivity contribution in [3.63, 3.8) is 0 Å². The minimum atomic E-state index is -0.147. The Labute approximate surface area is 140 Å². The van der Waals surface area contributed by atoms with E-state index in [9.17, 15) is 4.79 Å². The van der Waals surface area contributed by atoms with E-state index in [1.165, 1.54) is 0 Å². The number of nitrogens with one attached hydrogen (secondary N) is 2. The molecule has 2 N–H and O–H groups in total. The number of nitrogens with zero attached hydrogens (tertiary/aromatic N) is 1. The molecule has 1 aromatic rings. The number of carbonyl (C=O) groups is 1. The molecule has 1 fully saturated rings. The Bertz CT molecular complexity index is 494. The van der Waals surface area contributed by atoms with E-state index in [-0.39, 0.29) is 12.5 Å². The minimum absolute atomic E-state index is 0.0466. The van der Waals surface area contributed by atoms with Gasteiger partial charge in [0.1, 0.15) is 5.75 Å². The van der Waals surface area contributed by atoms with Crippen molar-refractivity contribution in [3.05, 3.63) is 28.2 Å². The zero-order chi connectivity index (χ0) is 15.8. The van der Waals surface area contributed by atoms with Gasteiger partial charge < -0.3 is 20.3 Å². The Morgan fingerprint density at radius 1 is 1.32 bits per heavy atom. The normalized spacial score (nSPS) is 15.5. The van der Waals surface area contributed by atoms with Crippen molar-refractivity contribution in [3.8, 4) is 5.75 Å². The molecular formula is C15H21Cl2N3O2. The molecule has 0 atom stereocenters. The van der Waals surface area contributed by atoms with Crippen molar-refractivity contribution in [2.24, 2.45) is 0 Å². The first-order valence-electron chi connectivity index (χ1n) is 7.43. The van der Waals surface area contributed by atoms with Crippen LogP contribution in [-0.2, 0) is 4.79 Å². The summed E-state index contributed by atoms with van der Waals surface area (Å²) in [6, 6.07) is 4.92. The zero-order valence-corrected chi connectivity index (χ0v) is 13.9. The first-order chi connectivity index (χ1) is 10.6. The number of halogens is 2. The molecule has 0 spiro atoms. The lowest BCUT2D eigenvalue weighted by molar-refractivity contribution is -0.123. The van der Waals surface area contributed by atoms with Crippen LogP contribution in [0.5, 0.6) is 5.75 Å². The standard InChI is InChI=1S/C15H21Cl2N3O2/c16-12-2-3-14(13(17)10-12)22-11-15(21)19-4-1-7-20-8-5-18-6-9-20/h2-3,10,18H,1,4-9,11H2,(H,19,21). The molecule has 7 heteroatoms. The van der Waals surface area contributed by atoms with E-state index < -0.39 is 0 Å². The highest BCUT2D eigenvalue weighted by molar-refractivity contribution is 6.35.